The number of amides is 1. The van der Waals surface area contributed by atoms with Gasteiger partial charge >= 0.3 is 7.60 Å². The van der Waals surface area contributed by atoms with Gasteiger partial charge in [-0.1, -0.05) is 5.21 Å². The fourth-order valence-corrected chi connectivity index (χ4v) is 3.15. The quantitative estimate of drug-likeness (QED) is 0.680. The van der Waals surface area contributed by atoms with E-state index >= 15 is 0 Å². The Kier molecular flexibility index (Phi) is 6.14. The molecule has 0 aliphatic carbocycles. The van der Waals surface area contributed by atoms with Crippen LogP contribution in [0.3, 0.4) is 0 Å². The van der Waals surface area contributed by atoms with E-state index in [2.05, 4.69) is 10.3 Å². The van der Waals surface area contributed by atoms with E-state index in [1.807, 2.05) is 0 Å². The van der Waals surface area contributed by atoms with Crippen molar-refractivity contribution in [2.45, 2.75) is 26.8 Å². The van der Waals surface area contributed by atoms with E-state index in [4.69, 9.17) is 14.8 Å². The predicted molar refractivity (Wildman–Crippen MR) is 68.9 cm³/mol. The molecule has 1 rings (SSSR count). The Bertz CT molecular complexity index is 452. The lowest BCUT2D eigenvalue weighted by molar-refractivity contribution is 0.0995. The molecule has 0 aliphatic heterocycles. The van der Waals surface area contributed by atoms with Crippen molar-refractivity contribution >= 4 is 13.5 Å². The summed E-state index contributed by atoms with van der Waals surface area (Å²) in [6, 6.07) is 0. The van der Waals surface area contributed by atoms with Crippen LogP contribution in [0.25, 0.3) is 0 Å². The Labute approximate surface area is 111 Å². The molecule has 1 aromatic heterocycles. The molecule has 9 heteroatoms. The molecular formula is C10H19N4O4P. The van der Waals surface area contributed by atoms with Crippen LogP contribution in [-0.2, 0) is 20.2 Å². The summed E-state index contributed by atoms with van der Waals surface area (Å²) in [5, 5.41) is 7.35. The van der Waals surface area contributed by atoms with E-state index in [0.717, 1.165) is 0 Å². The Balaban J connectivity index is 2.47. The SMILES string of the molecule is CCOP(=O)(CCCn1cc(C(N)=O)nn1)OCC. The third kappa shape index (κ3) is 5.10. The van der Waals surface area contributed by atoms with Gasteiger partial charge in [-0.3, -0.25) is 14.0 Å². The number of hydrogen-bond acceptors (Lipinski definition) is 6. The number of carbonyl (C=O) groups is 1. The number of aryl methyl sites for hydroxylation is 1. The van der Waals surface area contributed by atoms with Crippen LogP contribution in [0.4, 0.5) is 0 Å². The van der Waals surface area contributed by atoms with Gasteiger partial charge in [0, 0.05) is 6.54 Å². The van der Waals surface area contributed by atoms with E-state index in [9.17, 15) is 9.36 Å². The first-order valence-electron chi connectivity index (χ1n) is 6.09. The zero-order valence-corrected chi connectivity index (χ0v) is 12.0. The first-order chi connectivity index (χ1) is 9.00. The molecule has 108 valence electrons. The van der Waals surface area contributed by atoms with Crippen molar-refractivity contribution in [3.63, 3.8) is 0 Å². The average molecular weight is 290 g/mol. The molecule has 0 saturated heterocycles. The maximum Gasteiger partial charge on any atom is 0.330 e. The van der Waals surface area contributed by atoms with Gasteiger partial charge in [-0.25, -0.2) is 0 Å². The molecule has 0 radical (unpaired) electrons. The van der Waals surface area contributed by atoms with E-state index in [-0.39, 0.29) is 5.69 Å². The molecule has 0 fully saturated rings. The maximum atomic E-state index is 12.2. The molecular weight excluding hydrogens is 271 g/mol. The second-order valence-corrected chi connectivity index (χ2v) is 5.94. The fraction of sp³-hybridized carbons (Fsp3) is 0.700. The van der Waals surface area contributed by atoms with Crippen LogP contribution < -0.4 is 5.73 Å². The number of nitrogens with two attached hydrogens (primary N) is 1. The number of primary amides is 1. The smallest absolute Gasteiger partial charge is 0.330 e. The van der Waals surface area contributed by atoms with Gasteiger partial charge in [-0.15, -0.1) is 5.10 Å². The van der Waals surface area contributed by atoms with Crippen LogP contribution in [0.1, 0.15) is 30.8 Å². The minimum atomic E-state index is -3.02. The summed E-state index contributed by atoms with van der Waals surface area (Å²) in [7, 11) is -3.02. The molecule has 0 spiro atoms. The van der Waals surface area contributed by atoms with Crippen LogP contribution >= 0.6 is 7.60 Å². The Hall–Kier alpha value is -1.24. The van der Waals surface area contributed by atoms with Crippen molar-refractivity contribution in [3.8, 4) is 0 Å². The van der Waals surface area contributed by atoms with Crippen LogP contribution in [-0.4, -0.2) is 40.3 Å². The minimum absolute atomic E-state index is 0.109. The van der Waals surface area contributed by atoms with Gasteiger partial charge < -0.3 is 14.8 Å². The summed E-state index contributed by atoms with van der Waals surface area (Å²) in [5.74, 6) is -0.624. The van der Waals surface area contributed by atoms with E-state index in [1.54, 1.807) is 13.8 Å². The summed E-state index contributed by atoms with van der Waals surface area (Å²) in [4.78, 5) is 10.8. The van der Waals surface area contributed by atoms with Crippen LogP contribution in [0.2, 0.25) is 0 Å². The average Bonchev–Trinajstić information content (AvgIpc) is 2.78. The molecule has 1 amide bonds. The molecule has 1 aromatic rings. The lowest BCUT2D eigenvalue weighted by atomic mass is 10.4. The third-order valence-electron chi connectivity index (χ3n) is 2.26. The zero-order chi connectivity index (χ0) is 14.3. The van der Waals surface area contributed by atoms with Crippen molar-refractivity contribution < 1.29 is 18.4 Å². The van der Waals surface area contributed by atoms with Gasteiger partial charge in [0.1, 0.15) is 0 Å². The van der Waals surface area contributed by atoms with Crippen LogP contribution in [0.5, 0.6) is 0 Å². The van der Waals surface area contributed by atoms with E-state index in [1.165, 1.54) is 10.9 Å². The highest BCUT2D eigenvalue weighted by atomic mass is 31.2. The van der Waals surface area contributed by atoms with Crippen molar-refractivity contribution in [2.75, 3.05) is 19.4 Å². The Morgan fingerprint density at radius 2 is 2.05 bits per heavy atom. The van der Waals surface area contributed by atoms with Crippen molar-refractivity contribution in [3.05, 3.63) is 11.9 Å². The monoisotopic (exact) mass is 290 g/mol. The highest BCUT2D eigenvalue weighted by Gasteiger charge is 2.22. The molecule has 19 heavy (non-hydrogen) atoms. The second-order valence-electron chi connectivity index (χ2n) is 3.75. The largest absolute Gasteiger partial charge is 0.364 e. The van der Waals surface area contributed by atoms with Crippen LogP contribution in [0.15, 0.2) is 6.20 Å². The van der Waals surface area contributed by atoms with E-state index in [0.29, 0.717) is 32.3 Å². The van der Waals surface area contributed by atoms with Gasteiger partial charge in [-0.05, 0) is 20.3 Å². The molecule has 8 nitrogen and oxygen atoms in total. The molecule has 0 saturated carbocycles. The van der Waals surface area contributed by atoms with Gasteiger partial charge in [0.2, 0.25) is 0 Å². The highest BCUT2D eigenvalue weighted by molar-refractivity contribution is 7.53. The minimum Gasteiger partial charge on any atom is -0.364 e. The summed E-state index contributed by atoms with van der Waals surface area (Å²) in [6.07, 6.45) is 2.29. The number of carbonyl (C=O) groups excluding carboxylic acids is 1. The van der Waals surface area contributed by atoms with Gasteiger partial charge in [-0.2, -0.15) is 0 Å². The normalized spacial score (nSPS) is 11.7. The summed E-state index contributed by atoms with van der Waals surface area (Å²) in [6.45, 7) is 4.67. The van der Waals surface area contributed by atoms with Crippen molar-refractivity contribution in [1.82, 2.24) is 15.0 Å². The zero-order valence-electron chi connectivity index (χ0n) is 11.1. The molecule has 2 N–H and O–H groups in total. The van der Waals surface area contributed by atoms with E-state index < -0.39 is 13.5 Å². The number of nitrogens with zero attached hydrogens (tertiary/aromatic N) is 3. The number of rotatable bonds is 9. The highest BCUT2D eigenvalue weighted by Crippen LogP contribution is 2.48. The van der Waals surface area contributed by atoms with Crippen molar-refractivity contribution in [1.29, 1.82) is 0 Å². The second kappa shape index (κ2) is 7.37. The maximum absolute atomic E-state index is 12.2. The molecule has 0 aliphatic rings. The Morgan fingerprint density at radius 1 is 1.42 bits per heavy atom. The standard InChI is InChI=1S/C10H19N4O4P/c1-3-17-19(16,18-4-2)7-5-6-14-8-9(10(11)15)12-13-14/h8H,3-7H2,1-2H3,(H2,11,15). The first-order valence-corrected chi connectivity index (χ1v) is 7.81. The lowest BCUT2D eigenvalue weighted by Gasteiger charge is -2.16. The number of aromatic nitrogens is 3. The summed E-state index contributed by atoms with van der Waals surface area (Å²) < 4.78 is 24.0. The molecule has 0 aromatic carbocycles. The number of hydrogen-bond donors (Lipinski definition) is 1. The van der Waals surface area contributed by atoms with Gasteiger partial charge in [0.25, 0.3) is 5.91 Å². The lowest BCUT2D eigenvalue weighted by Crippen LogP contribution is -2.11. The van der Waals surface area contributed by atoms with Crippen molar-refractivity contribution in [2.24, 2.45) is 5.73 Å². The topological polar surface area (TPSA) is 109 Å². The molecule has 1 heterocycles. The predicted octanol–water partition coefficient (Wildman–Crippen LogP) is 1.03. The fourth-order valence-electron chi connectivity index (χ4n) is 1.51. The Morgan fingerprint density at radius 3 is 2.53 bits per heavy atom. The molecule has 0 unspecified atom stereocenters. The first kappa shape index (κ1) is 15.8. The summed E-state index contributed by atoms with van der Waals surface area (Å²) in [5.41, 5.74) is 5.17. The van der Waals surface area contributed by atoms with Crippen LogP contribution in [0, 0.1) is 0 Å². The van der Waals surface area contributed by atoms with Gasteiger partial charge in [0.05, 0.1) is 25.6 Å². The van der Waals surface area contributed by atoms with Gasteiger partial charge in [0.15, 0.2) is 5.69 Å². The summed E-state index contributed by atoms with van der Waals surface area (Å²) >= 11 is 0. The third-order valence-corrected chi connectivity index (χ3v) is 4.43. The molecule has 0 atom stereocenters. The molecule has 0 bridgehead atoms.